The summed E-state index contributed by atoms with van der Waals surface area (Å²) in [5.41, 5.74) is -0.338. The number of imidazole rings is 1. The van der Waals surface area contributed by atoms with Gasteiger partial charge in [-0.1, -0.05) is 0 Å². The molecule has 0 spiro atoms. The van der Waals surface area contributed by atoms with Crippen LogP contribution < -0.4 is 0 Å². The number of carbonyl (C=O) groups is 2. The molecule has 8 nitrogen and oxygen atoms in total. The van der Waals surface area contributed by atoms with Gasteiger partial charge < -0.3 is 25.0 Å². The molecule has 3 N–H and O–H groups in total. The number of carboxylic acids is 1. The van der Waals surface area contributed by atoms with Gasteiger partial charge in [0.05, 0.1) is 12.4 Å². The molecule has 2 heterocycles. The van der Waals surface area contributed by atoms with Crippen LogP contribution in [0.5, 0.6) is 0 Å². The number of aromatic amines is 1. The van der Waals surface area contributed by atoms with Crippen molar-refractivity contribution >= 4 is 11.9 Å². The number of likely N-dealkylation sites (N-methyl/N-ethyl adjacent to an activating group) is 1. The normalized spacial score (nSPS) is 22.5. The van der Waals surface area contributed by atoms with E-state index in [0.717, 1.165) is 0 Å². The van der Waals surface area contributed by atoms with E-state index in [1.54, 1.807) is 0 Å². The third-order valence-electron chi connectivity index (χ3n) is 3.28. The summed E-state index contributed by atoms with van der Waals surface area (Å²) in [5.74, 6) is -1.69. The average molecular weight is 282 g/mol. The number of aliphatic hydroxyl groups excluding tert-OH is 1. The molecule has 0 aromatic carbocycles. The van der Waals surface area contributed by atoms with Crippen LogP contribution in [0.2, 0.25) is 0 Å². The number of amides is 1. The number of aromatic nitrogens is 2. The summed E-state index contributed by atoms with van der Waals surface area (Å²) in [6.45, 7) is 0.804. The zero-order chi connectivity index (χ0) is 14.9. The molecule has 110 valence electrons. The fourth-order valence-corrected chi connectivity index (χ4v) is 2.49. The van der Waals surface area contributed by atoms with Crippen LogP contribution in [0.25, 0.3) is 0 Å². The number of hydrogen-bond acceptors (Lipinski definition) is 5. The molecule has 1 amide bonds. The van der Waals surface area contributed by atoms with Gasteiger partial charge in [0, 0.05) is 19.1 Å². The molecule has 1 aromatic heterocycles. The van der Waals surface area contributed by atoms with E-state index in [2.05, 4.69) is 9.97 Å². The third kappa shape index (κ3) is 2.81. The maximum atomic E-state index is 12.4. The number of β-amino-alcohol motifs (C(OH)–C–C–N with tert-alkyl or cyclic N) is 1. The van der Waals surface area contributed by atoms with Gasteiger partial charge in [0.25, 0.3) is 5.91 Å². The van der Waals surface area contributed by atoms with Gasteiger partial charge in [0.1, 0.15) is 0 Å². The van der Waals surface area contributed by atoms with Gasteiger partial charge in [-0.15, -0.1) is 0 Å². The molecular weight excluding hydrogens is 264 g/mol. The number of nitrogens with zero attached hydrogens (tertiary/aromatic N) is 3. The van der Waals surface area contributed by atoms with Crippen molar-refractivity contribution in [1.82, 2.24) is 19.8 Å². The van der Waals surface area contributed by atoms with Crippen molar-refractivity contribution in [3.05, 3.63) is 17.7 Å². The molecule has 1 aliphatic heterocycles. The van der Waals surface area contributed by atoms with Crippen molar-refractivity contribution in [2.45, 2.75) is 18.6 Å². The highest BCUT2D eigenvalue weighted by Crippen LogP contribution is 2.21. The zero-order valence-corrected chi connectivity index (χ0v) is 11.4. The van der Waals surface area contributed by atoms with Gasteiger partial charge in [-0.3, -0.25) is 4.79 Å². The average Bonchev–Trinajstić information content (AvgIpc) is 2.94. The first kappa shape index (κ1) is 14.5. The zero-order valence-electron chi connectivity index (χ0n) is 11.4. The first-order valence-electron chi connectivity index (χ1n) is 6.30. The summed E-state index contributed by atoms with van der Waals surface area (Å²) in [6, 6.07) is -0.147. The molecule has 0 radical (unpaired) electrons. The topological polar surface area (TPSA) is 110 Å². The van der Waals surface area contributed by atoms with Gasteiger partial charge in [0.2, 0.25) is 0 Å². The van der Waals surface area contributed by atoms with Crippen molar-refractivity contribution in [1.29, 1.82) is 0 Å². The number of nitrogens with one attached hydrogen (secondary N) is 1. The molecule has 2 atom stereocenters. The predicted octanol–water partition coefficient (Wildman–Crippen LogP) is -0.755. The second-order valence-electron chi connectivity index (χ2n) is 5.19. The second-order valence-corrected chi connectivity index (χ2v) is 5.19. The summed E-state index contributed by atoms with van der Waals surface area (Å²) in [5, 5.41) is 18.8. The lowest BCUT2D eigenvalue weighted by molar-refractivity contribution is 0.0649. The summed E-state index contributed by atoms with van der Waals surface area (Å²) < 4.78 is 0. The molecule has 0 bridgehead atoms. The number of carbonyl (C=O) groups excluding carboxylic acids is 1. The molecule has 1 saturated heterocycles. The van der Waals surface area contributed by atoms with Crippen LogP contribution in [0.15, 0.2) is 6.33 Å². The Morgan fingerprint density at radius 1 is 1.55 bits per heavy atom. The summed E-state index contributed by atoms with van der Waals surface area (Å²) in [4.78, 5) is 33.1. The number of carboxylic acid groups (broad SMARTS) is 1. The van der Waals surface area contributed by atoms with E-state index in [1.165, 1.54) is 11.2 Å². The van der Waals surface area contributed by atoms with Gasteiger partial charge in [-0.25, -0.2) is 9.78 Å². The van der Waals surface area contributed by atoms with Crippen LogP contribution in [-0.4, -0.2) is 81.2 Å². The van der Waals surface area contributed by atoms with Gasteiger partial charge >= 0.3 is 5.97 Å². The lowest BCUT2D eigenvalue weighted by Crippen LogP contribution is -2.42. The summed E-state index contributed by atoms with van der Waals surface area (Å²) >= 11 is 0. The Labute approximate surface area is 116 Å². The molecule has 20 heavy (non-hydrogen) atoms. The van der Waals surface area contributed by atoms with Crippen LogP contribution in [0.3, 0.4) is 0 Å². The molecule has 1 fully saturated rings. The first-order valence-corrected chi connectivity index (χ1v) is 6.30. The van der Waals surface area contributed by atoms with E-state index < -0.39 is 18.0 Å². The van der Waals surface area contributed by atoms with Crippen molar-refractivity contribution in [3.8, 4) is 0 Å². The highest BCUT2D eigenvalue weighted by atomic mass is 16.4. The van der Waals surface area contributed by atoms with Gasteiger partial charge in [-0.2, -0.15) is 0 Å². The largest absolute Gasteiger partial charge is 0.477 e. The van der Waals surface area contributed by atoms with Crippen LogP contribution in [0.1, 0.15) is 27.4 Å². The van der Waals surface area contributed by atoms with E-state index in [9.17, 15) is 14.7 Å². The SMILES string of the molecule is CN(C)CC1CC(O)CN1C(=O)c1nc[nH]c1C(=O)O. The van der Waals surface area contributed by atoms with Crippen LogP contribution in [0.4, 0.5) is 0 Å². The minimum atomic E-state index is -1.23. The molecular formula is C12H18N4O4. The molecule has 2 rings (SSSR count). The standard InChI is InChI=1S/C12H18N4O4/c1-15(2)4-7-3-8(17)5-16(7)11(18)9-10(12(19)20)14-6-13-9/h6-8,17H,3-5H2,1-2H3,(H,13,14)(H,19,20). The maximum Gasteiger partial charge on any atom is 0.354 e. The number of hydrogen-bond donors (Lipinski definition) is 3. The van der Waals surface area contributed by atoms with Crippen molar-refractivity contribution < 1.29 is 19.8 Å². The number of aromatic carboxylic acids is 1. The summed E-state index contributed by atoms with van der Waals surface area (Å²) in [6.07, 6.45) is 1.08. The maximum absolute atomic E-state index is 12.4. The number of aliphatic hydroxyl groups is 1. The van der Waals surface area contributed by atoms with Crippen molar-refractivity contribution in [2.75, 3.05) is 27.2 Å². The quantitative estimate of drug-likeness (QED) is 0.670. The highest BCUT2D eigenvalue weighted by Gasteiger charge is 2.37. The number of H-pyrrole nitrogens is 1. The predicted molar refractivity (Wildman–Crippen MR) is 69.5 cm³/mol. The Morgan fingerprint density at radius 2 is 2.25 bits per heavy atom. The Kier molecular flexibility index (Phi) is 4.05. The van der Waals surface area contributed by atoms with E-state index in [1.807, 2.05) is 19.0 Å². The Morgan fingerprint density at radius 3 is 2.85 bits per heavy atom. The molecule has 1 aliphatic rings. The Balaban J connectivity index is 2.22. The Hall–Kier alpha value is -1.93. The molecule has 1 aromatic rings. The lowest BCUT2D eigenvalue weighted by atomic mass is 10.2. The fraction of sp³-hybridized carbons (Fsp3) is 0.583. The van der Waals surface area contributed by atoms with Crippen molar-refractivity contribution in [2.24, 2.45) is 0 Å². The molecule has 0 aliphatic carbocycles. The molecule has 8 heteroatoms. The van der Waals surface area contributed by atoms with Gasteiger partial charge in [0.15, 0.2) is 11.4 Å². The van der Waals surface area contributed by atoms with Crippen LogP contribution >= 0.6 is 0 Å². The third-order valence-corrected chi connectivity index (χ3v) is 3.28. The number of likely N-dealkylation sites (tertiary alicyclic amines) is 1. The fourth-order valence-electron chi connectivity index (χ4n) is 2.49. The first-order chi connectivity index (χ1) is 9.40. The monoisotopic (exact) mass is 282 g/mol. The van der Waals surface area contributed by atoms with Crippen molar-refractivity contribution in [3.63, 3.8) is 0 Å². The summed E-state index contributed by atoms with van der Waals surface area (Å²) in [7, 11) is 3.76. The minimum absolute atomic E-state index is 0.115. The van der Waals surface area contributed by atoms with E-state index in [4.69, 9.17) is 5.11 Å². The molecule has 2 unspecified atom stereocenters. The lowest BCUT2D eigenvalue weighted by Gasteiger charge is -2.26. The molecule has 0 saturated carbocycles. The second kappa shape index (κ2) is 5.59. The van der Waals surface area contributed by atoms with Gasteiger partial charge in [-0.05, 0) is 20.5 Å². The van der Waals surface area contributed by atoms with E-state index >= 15 is 0 Å². The Bertz CT molecular complexity index is 513. The minimum Gasteiger partial charge on any atom is -0.477 e. The number of rotatable bonds is 4. The van der Waals surface area contributed by atoms with E-state index in [-0.39, 0.29) is 24.0 Å². The van der Waals surface area contributed by atoms with Crippen LogP contribution in [0, 0.1) is 0 Å². The van der Waals surface area contributed by atoms with E-state index in [0.29, 0.717) is 13.0 Å². The van der Waals surface area contributed by atoms with Crippen LogP contribution in [-0.2, 0) is 0 Å². The highest BCUT2D eigenvalue weighted by molar-refractivity contribution is 6.02. The smallest absolute Gasteiger partial charge is 0.354 e.